The molecule has 0 spiro atoms. The Morgan fingerprint density at radius 2 is 1.97 bits per heavy atom. The maximum Gasteiger partial charge on any atom is 0.162 e. The fourth-order valence-electron chi connectivity index (χ4n) is 4.70. The van der Waals surface area contributed by atoms with E-state index in [1.54, 1.807) is 11.3 Å². The topological polar surface area (TPSA) is 66.5 Å². The van der Waals surface area contributed by atoms with Crippen LogP contribution in [0.4, 0.5) is 5.82 Å². The Morgan fingerprint density at radius 1 is 1.09 bits per heavy atom. The lowest BCUT2D eigenvalue weighted by Gasteiger charge is -2.34. The van der Waals surface area contributed by atoms with Crippen LogP contribution >= 0.6 is 11.3 Å². The van der Waals surface area contributed by atoms with Crippen LogP contribution < -0.4 is 4.90 Å². The highest BCUT2D eigenvalue weighted by atomic mass is 32.1. The van der Waals surface area contributed by atoms with Crippen LogP contribution in [-0.2, 0) is 16.0 Å². The van der Waals surface area contributed by atoms with E-state index in [9.17, 15) is 0 Å². The lowest BCUT2D eigenvalue weighted by atomic mass is 10.1. The van der Waals surface area contributed by atoms with Crippen molar-refractivity contribution in [3.8, 4) is 11.4 Å². The van der Waals surface area contributed by atoms with E-state index in [4.69, 9.17) is 19.4 Å². The van der Waals surface area contributed by atoms with Gasteiger partial charge in [-0.05, 0) is 24.4 Å². The molecule has 0 bridgehead atoms. The highest BCUT2D eigenvalue weighted by Gasteiger charge is 2.26. The number of nitrogens with zero attached hydrogens (tertiary/aromatic N) is 4. The summed E-state index contributed by atoms with van der Waals surface area (Å²) in [5.41, 5.74) is 4.52. The molecule has 2 aliphatic rings. The van der Waals surface area contributed by atoms with Gasteiger partial charge >= 0.3 is 0 Å². The molecule has 1 atom stereocenters. The predicted octanol–water partition coefficient (Wildman–Crippen LogP) is 3.90. The second kappa shape index (κ2) is 8.44. The van der Waals surface area contributed by atoms with Crippen LogP contribution in [0, 0.1) is 0 Å². The highest BCUT2D eigenvalue weighted by molar-refractivity contribution is 7.18. The summed E-state index contributed by atoms with van der Waals surface area (Å²) in [6.07, 6.45) is 1.98. The largest absolute Gasteiger partial charge is 0.379 e. The number of hydrogen-bond donors (Lipinski definition) is 1. The number of hydrogen-bond acceptors (Lipinski definition) is 7. The third kappa shape index (κ3) is 3.57. The van der Waals surface area contributed by atoms with Crippen molar-refractivity contribution in [3.63, 3.8) is 0 Å². The second-order valence-corrected chi connectivity index (χ2v) is 9.44. The molecule has 166 valence electrons. The summed E-state index contributed by atoms with van der Waals surface area (Å²) in [6.45, 7) is 8.93. The Morgan fingerprint density at radius 3 is 2.84 bits per heavy atom. The van der Waals surface area contributed by atoms with Crippen molar-refractivity contribution in [1.29, 1.82) is 0 Å². The van der Waals surface area contributed by atoms with Gasteiger partial charge in [-0.3, -0.25) is 4.90 Å². The quantitative estimate of drug-likeness (QED) is 0.510. The zero-order valence-electron chi connectivity index (χ0n) is 18.2. The molecule has 7 nitrogen and oxygen atoms in total. The number of H-pyrrole nitrogens is 1. The SMILES string of the molecule is C[C@@H]1COCCN1c1nc(-c2cccc3[nH]ccc23)nc2c(CN3CCOCC3)csc12. The molecule has 2 aliphatic heterocycles. The average Bonchev–Trinajstić information content (AvgIpc) is 3.47. The molecule has 3 aromatic heterocycles. The van der Waals surface area contributed by atoms with Gasteiger partial charge in [0.25, 0.3) is 0 Å². The maximum absolute atomic E-state index is 5.71. The lowest BCUT2D eigenvalue weighted by molar-refractivity contribution is 0.0344. The minimum Gasteiger partial charge on any atom is -0.379 e. The monoisotopic (exact) mass is 449 g/mol. The van der Waals surface area contributed by atoms with Crippen molar-refractivity contribution in [3.05, 3.63) is 41.4 Å². The minimum atomic E-state index is 0.280. The van der Waals surface area contributed by atoms with Gasteiger partial charge in [0, 0.05) is 54.4 Å². The number of thiophene rings is 1. The van der Waals surface area contributed by atoms with Crippen molar-refractivity contribution in [2.24, 2.45) is 0 Å². The number of morpholine rings is 2. The number of anilines is 1. The molecule has 0 unspecified atom stereocenters. The summed E-state index contributed by atoms with van der Waals surface area (Å²) < 4.78 is 12.4. The Hall–Kier alpha value is -2.52. The Balaban J connectivity index is 1.51. The molecule has 32 heavy (non-hydrogen) atoms. The van der Waals surface area contributed by atoms with Crippen LogP contribution in [0.5, 0.6) is 0 Å². The molecule has 0 radical (unpaired) electrons. The summed E-state index contributed by atoms with van der Waals surface area (Å²) >= 11 is 1.76. The normalized spacial score (nSPS) is 20.4. The third-order valence-electron chi connectivity index (χ3n) is 6.44. The molecule has 0 amide bonds. The summed E-state index contributed by atoms with van der Waals surface area (Å²) in [4.78, 5) is 18.5. The molecule has 4 aromatic rings. The van der Waals surface area contributed by atoms with Crippen molar-refractivity contribution < 1.29 is 9.47 Å². The van der Waals surface area contributed by atoms with E-state index in [2.05, 4.69) is 51.4 Å². The van der Waals surface area contributed by atoms with E-state index >= 15 is 0 Å². The molecule has 2 saturated heterocycles. The molecule has 2 fully saturated rings. The lowest BCUT2D eigenvalue weighted by Crippen LogP contribution is -2.44. The first-order valence-electron chi connectivity index (χ1n) is 11.3. The maximum atomic E-state index is 5.71. The number of benzene rings is 1. The van der Waals surface area contributed by atoms with Crippen LogP contribution in [0.25, 0.3) is 32.5 Å². The fourth-order valence-corrected chi connectivity index (χ4v) is 5.70. The van der Waals surface area contributed by atoms with Gasteiger partial charge in [-0.25, -0.2) is 9.97 Å². The van der Waals surface area contributed by atoms with Gasteiger partial charge in [-0.2, -0.15) is 0 Å². The number of ether oxygens (including phenoxy) is 2. The first kappa shape index (κ1) is 20.1. The smallest absolute Gasteiger partial charge is 0.162 e. The zero-order valence-corrected chi connectivity index (χ0v) is 19.0. The van der Waals surface area contributed by atoms with E-state index in [1.165, 1.54) is 10.3 Å². The number of nitrogens with one attached hydrogen (secondary N) is 1. The van der Waals surface area contributed by atoms with E-state index < -0.39 is 0 Å². The van der Waals surface area contributed by atoms with Crippen LogP contribution in [0.2, 0.25) is 0 Å². The van der Waals surface area contributed by atoms with Crippen LogP contribution in [0.1, 0.15) is 12.5 Å². The molecule has 0 saturated carbocycles. The molecular formula is C24H27N5O2S. The van der Waals surface area contributed by atoms with Gasteiger partial charge in [0.1, 0.15) is 0 Å². The molecule has 6 rings (SSSR count). The molecule has 1 aromatic carbocycles. The third-order valence-corrected chi connectivity index (χ3v) is 7.46. The molecule has 8 heteroatoms. The summed E-state index contributed by atoms with van der Waals surface area (Å²) in [5.74, 6) is 1.82. The first-order chi connectivity index (χ1) is 15.8. The summed E-state index contributed by atoms with van der Waals surface area (Å²) in [7, 11) is 0. The van der Waals surface area contributed by atoms with E-state index in [1.807, 2.05) is 6.20 Å². The molecule has 1 N–H and O–H groups in total. The Labute approximate surface area is 191 Å². The Kier molecular flexibility index (Phi) is 5.30. The van der Waals surface area contributed by atoms with Crippen molar-refractivity contribution in [2.75, 3.05) is 51.0 Å². The van der Waals surface area contributed by atoms with E-state index in [0.717, 1.165) is 86.2 Å². The molecule has 5 heterocycles. The van der Waals surface area contributed by atoms with Gasteiger partial charge in [0.15, 0.2) is 11.6 Å². The van der Waals surface area contributed by atoms with Gasteiger partial charge in [-0.1, -0.05) is 12.1 Å². The number of rotatable bonds is 4. The minimum absolute atomic E-state index is 0.280. The van der Waals surface area contributed by atoms with Crippen LogP contribution in [0.3, 0.4) is 0 Å². The van der Waals surface area contributed by atoms with Gasteiger partial charge in [0.05, 0.1) is 42.7 Å². The van der Waals surface area contributed by atoms with Crippen molar-refractivity contribution in [1.82, 2.24) is 19.9 Å². The molecule has 0 aliphatic carbocycles. The standard InChI is InChI=1S/C24H27N5O2S/c1-16-14-31-12-9-29(16)24-22-21(17(15-32-22)13-28-7-10-30-11-8-28)26-23(27-24)19-3-2-4-20-18(19)5-6-25-20/h2-6,15-16,25H,7-14H2,1H3/t16-/m1/s1. The second-order valence-electron chi connectivity index (χ2n) is 8.56. The van der Waals surface area contributed by atoms with Gasteiger partial charge in [0.2, 0.25) is 0 Å². The number of aromatic nitrogens is 3. The summed E-state index contributed by atoms with van der Waals surface area (Å²) in [5, 5.41) is 3.42. The zero-order chi connectivity index (χ0) is 21.5. The predicted molar refractivity (Wildman–Crippen MR) is 128 cm³/mol. The van der Waals surface area contributed by atoms with E-state index in [-0.39, 0.29) is 6.04 Å². The van der Waals surface area contributed by atoms with Crippen molar-refractivity contribution in [2.45, 2.75) is 19.5 Å². The first-order valence-corrected chi connectivity index (χ1v) is 12.1. The van der Waals surface area contributed by atoms with Crippen LogP contribution in [-0.4, -0.2) is 72.0 Å². The number of aromatic amines is 1. The van der Waals surface area contributed by atoms with E-state index in [0.29, 0.717) is 0 Å². The van der Waals surface area contributed by atoms with Gasteiger partial charge in [-0.15, -0.1) is 11.3 Å². The van der Waals surface area contributed by atoms with Crippen molar-refractivity contribution >= 4 is 38.3 Å². The Bertz CT molecular complexity index is 1250. The molecular weight excluding hydrogens is 422 g/mol. The van der Waals surface area contributed by atoms with Gasteiger partial charge < -0.3 is 19.4 Å². The summed E-state index contributed by atoms with van der Waals surface area (Å²) in [6, 6.07) is 8.68. The fraction of sp³-hybridized carbons (Fsp3) is 0.417. The van der Waals surface area contributed by atoms with Crippen LogP contribution in [0.15, 0.2) is 35.8 Å². The average molecular weight is 450 g/mol. The highest BCUT2D eigenvalue weighted by Crippen LogP contribution is 2.37. The number of fused-ring (bicyclic) bond motifs is 2.